The summed E-state index contributed by atoms with van der Waals surface area (Å²) in [6.07, 6.45) is 1.84. The lowest BCUT2D eigenvalue weighted by molar-refractivity contribution is -0.120. The monoisotopic (exact) mass is 382 g/mol. The van der Waals surface area contributed by atoms with Crippen LogP contribution in [-0.4, -0.2) is 18.5 Å². The number of hydrogen-bond donors (Lipinski definition) is 1. The fourth-order valence-corrected chi connectivity index (χ4v) is 2.70. The van der Waals surface area contributed by atoms with E-state index in [2.05, 4.69) is 27.9 Å². The van der Waals surface area contributed by atoms with Crippen LogP contribution in [0.2, 0.25) is 0 Å². The highest BCUT2D eigenvalue weighted by atomic mass is 127. The van der Waals surface area contributed by atoms with E-state index in [0.29, 0.717) is 24.4 Å². The van der Waals surface area contributed by atoms with E-state index in [-0.39, 0.29) is 5.91 Å². The Morgan fingerprint density at radius 2 is 2.10 bits per heavy atom. The number of nitrogens with one attached hydrogen (secondary N) is 1. The smallest absolute Gasteiger partial charge is 0.328 e. The standard InChI is InChI=1S/C14H11IN2O3/c15-10-3-1-2-9(8-10)13-11(5-7-20-13)17-6-4-12(18)16-14(17)19/h1-3,5,7-8H,4,6H2,(H,16,18,19). The van der Waals surface area contributed by atoms with Crippen molar-refractivity contribution in [1.82, 2.24) is 5.32 Å². The molecule has 1 aromatic heterocycles. The van der Waals surface area contributed by atoms with E-state index in [1.54, 1.807) is 12.3 Å². The van der Waals surface area contributed by atoms with Crippen LogP contribution in [-0.2, 0) is 4.79 Å². The first-order valence-corrected chi connectivity index (χ1v) is 7.18. The van der Waals surface area contributed by atoms with E-state index < -0.39 is 6.03 Å². The predicted octanol–water partition coefficient (Wildman–Crippen LogP) is 3.00. The first-order chi connectivity index (χ1) is 9.65. The predicted molar refractivity (Wildman–Crippen MR) is 82.4 cm³/mol. The molecule has 1 N–H and O–H groups in total. The van der Waals surface area contributed by atoms with Gasteiger partial charge in [-0.25, -0.2) is 4.79 Å². The molecule has 3 amide bonds. The largest absolute Gasteiger partial charge is 0.462 e. The van der Waals surface area contributed by atoms with E-state index in [1.807, 2.05) is 24.3 Å². The van der Waals surface area contributed by atoms with Gasteiger partial charge in [0.1, 0.15) is 0 Å². The third-order valence-corrected chi connectivity index (χ3v) is 3.75. The van der Waals surface area contributed by atoms with Gasteiger partial charge in [-0.05, 0) is 34.7 Å². The van der Waals surface area contributed by atoms with Gasteiger partial charge < -0.3 is 4.42 Å². The molecule has 1 aromatic carbocycles. The Balaban J connectivity index is 1.98. The first-order valence-electron chi connectivity index (χ1n) is 6.10. The van der Waals surface area contributed by atoms with Crippen LogP contribution in [0.5, 0.6) is 0 Å². The number of amides is 3. The Morgan fingerprint density at radius 3 is 2.85 bits per heavy atom. The second-order valence-electron chi connectivity index (χ2n) is 4.40. The van der Waals surface area contributed by atoms with E-state index in [0.717, 1.165) is 9.13 Å². The summed E-state index contributed by atoms with van der Waals surface area (Å²) in [6, 6.07) is 9.16. The molecule has 1 aliphatic heterocycles. The highest BCUT2D eigenvalue weighted by Crippen LogP contribution is 2.33. The van der Waals surface area contributed by atoms with Crippen molar-refractivity contribution < 1.29 is 14.0 Å². The first kappa shape index (κ1) is 13.2. The Hall–Kier alpha value is -1.83. The molecule has 0 atom stereocenters. The SMILES string of the molecule is O=C1CCN(c2ccoc2-c2cccc(I)c2)C(=O)N1. The van der Waals surface area contributed by atoms with Crippen LogP contribution >= 0.6 is 22.6 Å². The fourth-order valence-electron chi connectivity index (χ4n) is 2.15. The second kappa shape index (κ2) is 5.28. The summed E-state index contributed by atoms with van der Waals surface area (Å²) in [5, 5.41) is 2.31. The molecular weight excluding hydrogens is 371 g/mol. The van der Waals surface area contributed by atoms with Gasteiger partial charge in [-0.1, -0.05) is 12.1 Å². The lowest BCUT2D eigenvalue weighted by Crippen LogP contribution is -2.49. The Kier molecular flexibility index (Phi) is 3.47. The molecule has 1 aliphatic rings. The minimum Gasteiger partial charge on any atom is -0.462 e. The zero-order valence-corrected chi connectivity index (χ0v) is 12.6. The maximum atomic E-state index is 11.9. The van der Waals surface area contributed by atoms with Crippen LogP contribution in [0.4, 0.5) is 10.5 Å². The van der Waals surface area contributed by atoms with E-state index in [9.17, 15) is 9.59 Å². The number of rotatable bonds is 2. The normalized spacial score (nSPS) is 15.3. The molecule has 1 fully saturated rings. The van der Waals surface area contributed by atoms with E-state index in [1.165, 1.54) is 4.90 Å². The molecule has 1 saturated heterocycles. The number of carbonyl (C=O) groups excluding carboxylic acids is 2. The van der Waals surface area contributed by atoms with Crippen molar-refractivity contribution in [3.63, 3.8) is 0 Å². The van der Waals surface area contributed by atoms with Crippen LogP contribution in [0.25, 0.3) is 11.3 Å². The van der Waals surface area contributed by atoms with Crippen molar-refractivity contribution in [3.05, 3.63) is 40.2 Å². The molecule has 0 bridgehead atoms. The number of imide groups is 1. The van der Waals surface area contributed by atoms with Crippen molar-refractivity contribution >= 4 is 40.2 Å². The Morgan fingerprint density at radius 1 is 1.25 bits per heavy atom. The fraction of sp³-hybridized carbons (Fsp3) is 0.143. The van der Waals surface area contributed by atoms with Crippen LogP contribution < -0.4 is 10.2 Å². The molecule has 3 rings (SSSR count). The van der Waals surface area contributed by atoms with Gasteiger partial charge in [-0.15, -0.1) is 0 Å². The summed E-state index contributed by atoms with van der Waals surface area (Å²) in [5.41, 5.74) is 1.58. The molecule has 2 aromatic rings. The molecule has 0 spiro atoms. The number of hydrogen-bond acceptors (Lipinski definition) is 3. The van der Waals surface area contributed by atoms with Gasteiger partial charge in [0.05, 0.1) is 12.0 Å². The molecule has 6 heteroatoms. The molecule has 0 saturated carbocycles. The van der Waals surface area contributed by atoms with Gasteiger partial charge in [-0.2, -0.15) is 0 Å². The van der Waals surface area contributed by atoms with E-state index in [4.69, 9.17) is 4.42 Å². The summed E-state index contributed by atoms with van der Waals surface area (Å²) in [6.45, 7) is 0.362. The van der Waals surface area contributed by atoms with Gasteiger partial charge >= 0.3 is 6.03 Å². The molecule has 2 heterocycles. The molecule has 0 aliphatic carbocycles. The quantitative estimate of drug-likeness (QED) is 0.813. The molecule has 0 radical (unpaired) electrons. The third kappa shape index (κ3) is 2.43. The summed E-state index contributed by atoms with van der Waals surface area (Å²) >= 11 is 2.22. The number of benzene rings is 1. The van der Waals surface area contributed by atoms with Crippen LogP contribution in [0.3, 0.4) is 0 Å². The summed E-state index contributed by atoms with van der Waals surface area (Å²) < 4.78 is 6.61. The minimum atomic E-state index is -0.408. The number of nitrogens with zero attached hydrogens (tertiary/aromatic N) is 1. The van der Waals surface area contributed by atoms with Crippen molar-refractivity contribution in [3.8, 4) is 11.3 Å². The molecule has 102 valence electrons. The van der Waals surface area contributed by atoms with Crippen LogP contribution in [0, 0.1) is 3.57 Å². The molecule has 20 heavy (non-hydrogen) atoms. The zero-order chi connectivity index (χ0) is 14.1. The second-order valence-corrected chi connectivity index (χ2v) is 5.65. The maximum absolute atomic E-state index is 11.9. The van der Waals surface area contributed by atoms with Gasteiger partial charge in [0.2, 0.25) is 5.91 Å². The highest BCUT2D eigenvalue weighted by molar-refractivity contribution is 14.1. The lowest BCUT2D eigenvalue weighted by Gasteiger charge is -2.26. The van der Waals surface area contributed by atoms with E-state index >= 15 is 0 Å². The van der Waals surface area contributed by atoms with Crippen molar-refractivity contribution in [2.24, 2.45) is 0 Å². The van der Waals surface area contributed by atoms with Crippen LogP contribution in [0.15, 0.2) is 41.0 Å². The summed E-state index contributed by atoms with van der Waals surface area (Å²) in [5.74, 6) is 0.388. The Bertz CT molecular complexity index is 681. The molecular formula is C14H11IN2O3. The minimum absolute atomic E-state index is 0.245. The van der Waals surface area contributed by atoms with Crippen molar-refractivity contribution in [2.75, 3.05) is 11.4 Å². The number of anilines is 1. The van der Waals surface area contributed by atoms with Gasteiger partial charge in [-0.3, -0.25) is 15.0 Å². The summed E-state index contributed by atoms with van der Waals surface area (Å²) in [7, 11) is 0. The van der Waals surface area contributed by atoms with Gasteiger partial charge in [0, 0.05) is 28.2 Å². The maximum Gasteiger partial charge on any atom is 0.328 e. The topological polar surface area (TPSA) is 62.6 Å². The highest BCUT2D eigenvalue weighted by Gasteiger charge is 2.27. The number of urea groups is 1. The lowest BCUT2D eigenvalue weighted by atomic mass is 10.1. The average molecular weight is 382 g/mol. The van der Waals surface area contributed by atoms with Gasteiger partial charge in [0.25, 0.3) is 0 Å². The number of halogens is 1. The molecule has 5 nitrogen and oxygen atoms in total. The van der Waals surface area contributed by atoms with Crippen LogP contribution in [0.1, 0.15) is 6.42 Å². The van der Waals surface area contributed by atoms with Crippen molar-refractivity contribution in [1.29, 1.82) is 0 Å². The number of carbonyl (C=O) groups is 2. The summed E-state index contributed by atoms with van der Waals surface area (Å²) in [4.78, 5) is 24.6. The Labute approximate surface area is 129 Å². The molecule has 0 unspecified atom stereocenters. The van der Waals surface area contributed by atoms with Gasteiger partial charge in [0.15, 0.2) is 5.76 Å². The zero-order valence-electron chi connectivity index (χ0n) is 10.4. The average Bonchev–Trinajstić information content (AvgIpc) is 2.87. The third-order valence-electron chi connectivity index (χ3n) is 3.08. The number of furan rings is 1. The van der Waals surface area contributed by atoms with Crippen molar-refractivity contribution in [2.45, 2.75) is 6.42 Å².